The summed E-state index contributed by atoms with van der Waals surface area (Å²) in [6.45, 7) is 1.80. The molecule has 0 spiro atoms. The molecule has 2 aromatic carbocycles. The van der Waals surface area contributed by atoms with Crippen molar-refractivity contribution in [2.75, 3.05) is 20.1 Å². The maximum absolute atomic E-state index is 13.3. The highest BCUT2D eigenvalue weighted by Crippen LogP contribution is 2.41. The largest absolute Gasteiger partial charge is 0.380 e. The molecule has 0 unspecified atom stereocenters. The number of halogens is 2. The molecule has 4 heteroatoms. The molecule has 0 atom stereocenters. The van der Waals surface area contributed by atoms with Crippen LogP contribution in [0.4, 0.5) is 8.78 Å². The van der Waals surface area contributed by atoms with Gasteiger partial charge in [0.15, 0.2) is 0 Å². The Hall–Kier alpha value is -1.78. The average Bonchev–Trinajstić information content (AvgIpc) is 2.56. The Balaban J connectivity index is 2.05. The monoisotopic (exact) mass is 317 g/mol. The van der Waals surface area contributed by atoms with Gasteiger partial charge in [0.2, 0.25) is 0 Å². The van der Waals surface area contributed by atoms with Crippen LogP contribution in [0.5, 0.6) is 0 Å². The number of rotatable bonds is 3. The molecular formula is C19H21F2NO. The number of piperidine rings is 1. The minimum absolute atomic E-state index is 0.00891. The van der Waals surface area contributed by atoms with Crippen molar-refractivity contribution in [2.45, 2.75) is 18.4 Å². The normalized spacial score (nSPS) is 17.4. The lowest BCUT2D eigenvalue weighted by molar-refractivity contribution is -0.0110. The molecule has 1 N–H and O–H groups in total. The van der Waals surface area contributed by atoms with Gasteiger partial charge in [0.05, 0.1) is 0 Å². The van der Waals surface area contributed by atoms with Crippen LogP contribution in [-0.4, -0.2) is 30.1 Å². The quantitative estimate of drug-likeness (QED) is 0.936. The van der Waals surface area contributed by atoms with Gasteiger partial charge in [0, 0.05) is 0 Å². The van der Waals surface area contributed by atoms with Crippen molar-refractivity contribution in [1.29, 1.82) is 0 Å². The number of likely N-dealkylation sites (tertiary alicyclic amines) is 1. The van der Waals surface area contributed by atoms with Crippen LogP contribution < -0.4 is 0 Å². The first-order valence-electron chi connectivity index (χ1n) is 7.93. The molecule has 2 nitrogen and oxygen atoms in total. The van der Waals surface area contributed by atoms with Crippen molar-refractivity contribution in [2.24, 2.45) is 5.92 Å². The summed E-state index contributed by atoms with van der Waals surface area (Å²) in [6, 6.07) is 11.9. The first kappa shape index (κ1) is 16.1. The standard InChI is InChI=1S/C19H21F2NO/c1-22-12-10-16(11-13-22)19(23,14-2-6-17(20)7-3-14)15-4-8-18(21)9-5-15/h2-9,16,23H,10-13H2,1H3. The Kier molecular flexibility index (Phi) is 4.46. The van der Waals surface area contributed by atoms with Crippen LogP contribution >= 0.6 is 0 Å². The fourth-order valence-electron chi connectivity index (χ4n) is 3.47. The van der Waals surface area contributed by atoms with Crippen LogP contribution in [0.2, 0.25) is 0 Å². The summed E-state index contributed by atoms with van der Waals surface area (Å²) in [5.74, 6) is -0.660. The van der Waals surface area contributed by atoms with E-state index in [4.69, 9.17) is 0 Å². The first-order chi connectivity index (χ1) is 11.0. The average molecular weight is 317 g/mol. The molecule has 1 aliphatic rings. The van der Waals surface area contributed by atoms with E-state index < -0.39 is 5.60 Å². The summed E-state index contributed by atoms with van der Waals surface area (Å²) in [5, 5.41) is 11.6. The third kappa shape index (κ3) is 3.14. The molecule has 0 aliphatic carbocycles. The number of hydrogen-bond donors (Lipinski definition) is 1. The van der Waals surface area contributed by atoms with Gasteiger partial charge in [-0.3, -0.25) is 0 Å². The molecule has 122 valence electrons. The number of benzene rings is 2. The highest BCUT2D eigenvalue weighted by Gasteiger charge is 2.41. The molecule has 1 aliphatic heterocycles. The molecular weight excluding hydrogens is 296 g/mol. The second kappa shape index (κ2) is 6.38. The zero-order chi connectivity index (χ0) is 16.4. The van der Waals surface area contributed by atoms with Crippen molar-refractivity contribution in [3.8, 4) is 0 Å². The lowest BCUT2D eigenvalue weighted by Gasteiger charge is -2.41. The summed E-state index contributed by atoms with van der Waals surface area (Å²) in [4.78, 5) is 2.23. The van der Waals surface area contributed by atoms with Crippen molar-refractivity contribution in [1.82, 2.24) is 4.90 Å². The Bertz CT molecular complexity index is 601. The highest BCUT2D eigenvalue weighted by molar-refractivity contribution is 5.37. The molecule has 0 amide bonds. The van der Waals surface area contributed by atoms with E-state index in [1.54, 1.807) is 24.3 Å². The second-order valence-electron chi connectivity index (χ2n) is 6.36. The van der Waals surface area contributed by atoms with Crippen molar-refractivity contribution in [3.05, 3.63) is 71.3 Å². The van der Waals surface area contributed by atoms with Gasteiger partial charge in [-0.25, -0.2) is 8.78 Å². The Morgan fingerprint density at radius 3 is 1.65 bits per heavy atom. The minimum atomic E-state index is -1.23. The van der Waals surface area contributed by atoms with E-state index in [0.29, 0.717) is 11.1 Å². The second-order valence-corrected chi connectivity index (χ2v) is 6.36. The van der Waals surface area contributed by atoms with E-state index >= 15 is 0 Å². The molecule has 23 heavy (non-hydrogen) atoms. The number of aliphatic hydroxyl groups is 1. The van der Waals surface area contributed by atoms with E-state index in [-0.39, 0.29) is 17.6 Å². The van der Waals surface area contributed by atoms with Gasteiger partial charge in [0.1, 0.15) is 17.2 Å². The number of hydrogen-bond acceptors (Lipinski definition) is 2. The summed E-state index contributed by atoms with van der Waals surface area (Å²) >= 11 is 0. The first-order valence-corrected chi connectivity index (χ1v) is 7.93. The van der Waals surface area contributed by atoms with Gasteiger partial charge in [-0.05, 0) is 74.3 Å². The molecule has 3 rings (SSSR count). The zero-order valence-corrected chi connectivity index (χ0v) is 13.2. The molecule has 0 radical (unpaired) electrons. The predicted molar refractivity (Wildman–Crippen MR) is 86.0 cm³/mol. The Morgan fingerprint density at radius 1 is 0.870 bits per heavy atom. The van der Waals surface area contributed by atoms with Crippen LogP contribution in [0.25, 0.3) is 0 Å². The van der Waals surface area contributed by atoms with E-state index in [9.17, 15) is 13.9 Å². The number of nitrogens with zero attached hydrogens (tertiary/aromatic N) is 1. The molecule has 1 heterocycles. The van der Waals surface area contributed by atoms with E-state index in [1.165, 1.54) is 24.3 Å². The smallest absolute Gasteiger partial charge is 0.123 e. The fraction of sp³-hybridized carbons (Fsp3) is 0.368. The van der Waals surface area contributed by atoms with E-state index in [1.807, 2.05) is 0 Å². The maximum atomic E-state index is 13.3. The topological polar surface area (TPSA) is 23.5 Å². The summed E-state index contributed by atoms with van der Waals surface area (Å²) in [7, 11) is 2.06. The Labute approximate surface area is 135 Å². The summed E-state index contributed by atoms with van der Waals surface area (Å²) < 4.78 is 26.6. The molecule has 0 saturated carbocycles. The summed E-state index contributed by atoms with van der Waals surface area (Å²) in [5.41, 5.74) is 0.0722. The third-order valence-corrected chi connectivity index (χ3v) is 4.88. The van der Waals surface area contributed by atoms with E-state index in [0.717, 1.165) is 25.9 Å². The highest BCUT2D eigenvalue weighted by atomic mass is 19.1. The van der Waals surface area contributed by atoms with Crippen LogP contribution in [0, 0.1) is 17.6 Å². The predicted octanol–water partition coefficient (Wildman–Crippen LogP) is 3.54. The van der Waals surface area contributed by atoms with Crippen LogP contribution in [0.1, 0.15) is 24.0 Å². The van der Waals surface area contributed by atoms with Gasteiger partial charge in [0.25, 0.3) is 0 Å². The van der Waals surface area contributed by atoms with Crippen molar-refractivity contribution < 1.29 is 13.9 Å². The lowest BCUT2D eigenvalue weighted by atomic mass is 9.72. The zero-order valence-electron chi connectivity index (χ0n) is 13.2. The van der Waals surface area contributed by atoms with Crippen molar-refractivity contribution in [3.63, 3.8) is 0 Å². The van der Waals surface area contributed by atoms with E-state index in [2.05, 4.69) is 11.9 Å². The van der Waals surface area contributed by atoms with Crippen LogP contribution in [-0.2, 0) is 5.60 Å². The Morgan fingerprint density at radius 2 is 1.26 bits per heavy atom. The van der Waals surface area contributed by atoms with Gasteiger partial charge < -0.3 is 10.0 Å². The van der Waals surface area contributed by atoms with Crippen molar-refractivity contribution >= 4 is 0 Å². The molecule has 2 aromatic rings. The lowest BCUT2D eigenvalue weighted by Crippen LogP contribution is -2.43. The minimum Gasteiger partial charge on any atom is -0.380 e. The van der Waals surface area contributed by atoms with Crippen LogP contribution in [0.15, 0.2) is 48.5 Å². The molecule has 0 bridgehead atoms. The summed E-state index contributed by atoms with van der Waals surface area (Å²) in [6.07, 6.45) is 1.67. The molecule has 1 saturated heterocycles. The third-order valence-electron chi connectivity index (χ3n) is 4.88. The van der Waals surface area contributed by atoms with Gasteiger partial charge in [-0.15, -0.1) is 0 Å². The SMILES string of the molecule is CN1CCC(C(O)(c2ccc(F)cc2)c2ccc(F)cc2)CC1. The van der Waals surface area contributed by atoms with Gasteiger partial charge in [-0.1, -0.05) is 24.3 Å². The van der Waals surface area contributed by atoms with Gasteiger partial charge >= 0.3 is 0 Å². The molecule has 1 fully saturated rings. The van der Waals surface area contributed by atoms with Crippen LogP contribution in [0.3, 0.4) is 0 Å². The molecule has 0 aromatic heterocycles. The maximum Gasteiger partial charge on any atom is 0.123 e. The van der Waals surface area contributed by atoms with Gasteiger partial charge in [-0.2, -0.15) is 0 Å². The fourth-order valence-corrected chi connectivity index (χ4v) is 3.47.